The molecule has 1 aromatic carbocycles. The average Bonchev–Trinajstić information content (AvgIpc) is 2.70. The number of hydrogen-bond donors (Lipinski definition) is 1. The second kappa shape index (κ2) is 5.92. The standard InChI is InChI=1S/C16H19NO3/c1-4-5-17(10-16(18)19)9-14-8-13-6-11(2)12(3)7-15(13)20-14/h4,6-8H,1,5,9-10H2,2-3H3,(H,18,19). The zero-order valence-electron chi connectivity index (χ0n) is 11.8. The molecule has 0 amide bonds. The number of rotatable bonds is 6. The van der Waals surface area contributed by atoms with Crippen LogP contribution in [0, 0.1) is 13.8 Å². The van der Waals surface area contributed by atoms with Gasteiger partial charge >= 0.3 is 5.97 Å². The minimum Gasteiger partial charge on any atom is -0.480 e. The van der Waals surface area contributed by atoms with Crippen LogP contribution in [0.1, 0.15) is 16.9 Å². The molecule has 0 radical (unpaired) electrons. The zero-order chi connectivity index (χ0) is 14.7. The van der Waals surface area contributed by atoms with Crippen molar-refractivity contribution in [1.29, 1.82) is 0 Å². The maximum absolute atomic E-state index is 10.8. The van der Waals surface area contributed by atoms with Crippen molar-refractivity contribution in [2.75, 3.05) is 13.1 Å². The van der Waals surface area contributed by atoms with E-state index in [1.165, 1.54) is 11.1 Å². The van der Waals surface area contributed by atoms with E-state index in [-0.39, 0.29) is 6.54 Å². The molecule has 0 spiro atoms. The predicted molar refractivity (Wildman–Crippen MR) is 78.8 cm³/mol. The number of carboxylic acids is 1. The Morgan fingerprint density at radius 2 is 2.05 bits per heavy atom. The SMILES string of the molecule is C=CCN(CC(=O)O)Cc1cc2cc(C)c(C)cc2o1. The molecule has 4 heteroatoms. The quantitative estimate of drug-likeness (QED) is 0.822. The Bertz CT molecular complexity index is 603. The van der Waals surface area contributed by atoms with Crippen molar-refractivity contribution >= 4 is 16.9 Å². The van der Waals surface area contributed by atoms with Gasteiger partial charge in [-0.15, -0.1) is 6.58 Å². The van der Waals surface area contributed by atoms with Crippen molar-refractivity contribution in [2.45, 2.75) is 20.4 Å². The van der Waals surface area contributed by atoms with Crippen molar-refractivity contribution in [2.24, 2.45) is 0 Å². The van der Waals surface area contributed by atoms with E-state index in [1.54, 1.807) is 11.0 Å². The Labute approximate surface area is 118 Å². The Morgan fingerprint density at radius 3 is 2.70 bits per heavy atom. The molecular weight excluding hydrogens is 254 g/mol. The van der Waals surface area contributed by atoms with Gasteiger partial charge in [-0.05, 0) is 43.2 Å². The fourth-order valence-electron chi connectivity index (χ4n) is 2.21. The van der Waals surface area contributed by atoms with Crippen molar-refractivity contribution in [3.8, 4) is 0 Å². The Kier molecular flexibility index (Phi) is 4.25. The number of carboxylic acid groups (broad SMARTS) is 1. The van der Waals surface area contributed by atoms with E-state index < -0.39 is 5.97 Å². The first kappa shape index (κ1) is 14.3. The highest BCUT2D eigenvalue weighted by Crippen LogP contribution is 2.24. The Hall–Kier alpha value is -2.07. The van der Waals surface area contributed by atoms with Gasteiger partial charge in [-0.25, -0.2) is 0 Å². The van der Waals surface area contributed by atoms with Gasteiger partial charge in [-0.2, -0.15) is 0 Å². The Balaban J connectivity index is 2.23. The van der Waals surface area contributed by atoms with Gasteiger partial charge in [-0.3, -0.25) is 9.69 Å². The topological polar surface area (TPSA) is 53.7 Å². The van der Waals surface area contributed by atoms with Crippen molar-refractivity contribution < 1.29 is 14.3 Å². The molecular formula is C16H19NO3. The third-order valence-corrected chi connectivity index (χ3v) is 3.31. The lowest BCUT2D eigenvalue weighted by Crippen LogP contribution is -2.29. The van der Waals surface area contributed by atoms with Gasteiger partial charge in [0.25, 0.3) is 0 Å². The summed E-state index contributed by atoms with van der Waals surface area (Å²) in [6, 6.07) is 6.08. The summed E-state index contributed by atoms with van der Waals surface area (Å²) in [7, 11) is 0. The van der Waals surface area contributed by atoms with Crippen molar-refractivity contribution in [3.05, 3.63) is 47.7 Å². The monoisotopic (exact) mass is 273 g/mol. The predicted octanol–water partition coefficient (Wildman–Crippen LogP) is 3.12. The third kappa shape index (κ3) is 3.27. The van der Waals surface area contributed by atoms with Gasteiger partial charge in [0.1, 0.15) is 11.3 Å². The lowest BCUT2D eigenvalue weighted by Gasteiger charge is -2.16. The molecule has 0 fully saturated rings. The molecule has 2 aromatic rings. The first-order valence-electron chi connectivity index (χ1n) is 6.54. The van der Waals surface area contributed by atoms with Gasteiger partial charge < -0.3 is 9.52 Å². The highest BCUT2D eigenvalue weighted by Gasteiger charge is 2.12. The first-order chi connectivity index (χ1) is 9.49. The normalized spacial score (nSPS) is 11.2. The van der Waals surface area contributed by atoms with E-state index in [0.717, 1.165) is 16.7 Å². The van der Waals surface area contributed by atoms with E-state index >= 15 is 0 Å². The van der Waals surface area contributed by atoms with E-state index in [2.05, 4.69) is 19.6 Å². The Morgan fingerprint density at radius 1 is 1.35 bits per heavy atom. The van der Waals surface area contributed by atoms with Crippen LogP contribution in [0.4, 0.5) is 0 Å². The average molecular weight is 273 g/mol. The van der Waals surface area contributed by atoms with Crippen LogP contribution in [0.5, 0.6) is 0 Å². The molecule has 0 atom stereocenters. The number of carbonyl (C=O) groups is 1. The minimum absolute atomic E-state index is 0.0267. The molecule has 0 aliphatic rings. The number of fused-ring (bicyclic) bond motifs is 1. The molecule has 2 rings (SSSR count). The highest BCUT2D eigenvalue weighted by molar-refractivity contribution is 5.79. The molecule has 1 heterocycles. The molecule has 1 aromatic heterocycles. The van der Waals surface area contributed by atoms with Crippen LogP contribution in [-0.4, -0.2) is 29.1 Å². The number of benzene rings is 1. The van der Waals surface area contributed by atoms with Crippen LogP contribution in [-0.2, 0) is 11.3 Å². The fraction of sp³-hybridized carbons (Fsp3) is 0.312. The zero-order valence-corrected chi connectivity index (χ0v) is 11.8. The van der Waals surface area contributed by atoms with E-state index in [1.807, 2.05) is 19.1 Å². The van der Waals surface area contributed by atoms with Gasteiger partial charge in [0.15, 0.2) is 0 Å². The number of aliphatic carboxylic acids is 1. The molecule has 0 unspecified atom stereocenters. The second-order valence-corrected chi connectivity index (χ2v) is 5.04. The van der Waals surface area contributed by atoms with E-state index in [4.69, 9.17) is 9.52 Å². The summed E-state index contributed by atoms with van der Waals surface area (Å²) in [5.74, 6) is -0.0808. The van der Waals surface area contributed by atoms with Gasteiger partial charge in [0.05, 0.1) is 13.1 Å². The minimum atomic E-state index is -0.852. The summed E-state index contributed by atoms with van der Waals surface area (Å²) in [5.41, 5.74) is 3.25. The molecule has 0 aliphatic heterocycles. The smallest absolute Gasteiger partial charge is 0.317 e. The molecule has 0 bridgehead atoms. The fourth-order valence-corrected chi connectivity index (χ4v) is 2.21. The van der Waals surface area contributed by atoms with Crippen LogP contribution in [0.15, 0.2) is 35.3 Å². The van der Waals surface area contributed by atoms with Gasteiger partial charge in [0, 0.05) is 11.9 Å². The highest BCUT2D eigenvalue weighted by atomic mass is 16.4. The molecule has 20 heavy (non-hydrogen) atoms. The maximum atomic E-state index is 10.8. The summed E-state index contributed by atoms with van der Waals surface area (Å²) < 4.78 is 5.79. The molecule has 0 saturated carbocycles. The summed E-state index contributed by atoms with van der Waals surface area (Å²) in [6.07, 6.45) is 1.69. The van der Waals surface area contributed by atoms with Crippen LogP contribution < -0.4 is 0 Å². The van der Waals surface area contributed by atoms with Gasteiger partial charge in [-0.1, -0.05) is 6.08 Å². The molecule has 0 aliphatic carbocycles. The van der Waals surface area contributed by atoms with Crippen molar-refractivity contribution in [3.63, 3.8) is 0 Å². The maximum Gasteiger partial charge on any atom is 0.317 e. The van der Waals surface area contributed by atoms with E-state index in [9.17, 15) is 4.79 Å². The number of furan rings is 1. The van der Waals surface area contributed by atoms with Crippen LogP contribution in [0.25, 0.3) is 11.0 Å². The molecule has 0 saturated heterocycles. The van der Waals surface area contributed by atoms with E-state index in [0.29, 0.717) is 13.1 Å². The summed E-state index contributed by atoms with van der Waals surface area (Å²) in [5, 5.41) is 9.95. The molecule has 4 nitrogen and oxygen atoms in total. The summed E-state index contributed by atoms with van der Waals surface area (Å²) in [6.45, 7) is 8.71. The van der Waals surface area contributed by atoms with Crippen LogP contribution >= 0.6 is 0 Å². The summed E-state index contributed by atoms with van der Waals surface area (Å²) >= 11 is 0. The number of aryl methyl sites for hydroxylation is 2. The van der Waals surface area contributed by atoms with Crippen LogP contribution in [0.2, 0.25) is 0 Å². The number of nitrogens with zero attached hydrogens (tertiary/aromatic N) is 1. The first-order valence-corrected chi connectivity index (χ1v) is 6.54. The number of hydrogen-bond acceptors (Lipinski definition) is 3. The second-order valence-electron chi connectivity index (χ2n) is 5.04. The lowest BCUT2D eigenvalue weighted by molar-refractivity contribution is -0.138. The molecule has 106 valence electrons. The largest absolute Gasteiger partial charge is 0.480 e. The lowest BCUT2D eigenvalue weighted by atomic mass is 10.1. The summed E-state index contributed by atoms with van der Waals surface area (Å²) in [4.78, 5) is 12.6. The third-order valence-electron chi connectivity index (χ3n) is 3.31. The van der Waals surface area contributed by atoms with Crippen LogP contribution in [0.3, 0.4) is 0 Å². The molecule has 1 N–H and O–H groups in total. The van der Waals surface area contributed by atoms with Gasteiger partial charge in [0.2, 0.25) is 0 Å². The van der Waals surface area contributed by atoms with Crippen molar-refractivity contribution in [1.82, 2.24) is 4.90 Å².